The molecule has 2 aliphatic rings. The maximum absolute atomic E-state index is 12.2. The van der Waals surface area contributed by atoms with Crippen molar-refractivity contribution in [2.24, 2.45) is 0 Å². The molecule has 200 valence electrons. The van der Waals surface area contributed by atoms with Crippen molar-refractivity contribution in [1.29, 1.82) is 0 Å². The van der Waals surface area contributed by atoms with Gasteiger partial charge in [-0.1, -0.05) is 6.07 Å². The first kappa shape index (κ1) is 27.8. The predicted molar refractivity (Wildman–Crippen MR) is 115 cm³/mol. The Kier molecular flexibility index (Phi) is 8.53. The number of aliphatic hydroxyl groups excluding tert-OH is 6. The third-order valence-corrected chi connectivity index (χ3v) is 6.01. The van der Waals surface area contributed by atoms with Crippen LogP contribution in [0.25, 0.3) is 6.08 Å². The van der Waals surface area contributed by atoms with E-state index in [4.69, 9.17) is 19.3 Å². The van der Waals surface area contributed by atoms with E-state index in [1.165, 1.54) is 24.3 Å². The zero-order valence-corrected chi connectivity index (χ0v) is 18.7. The molecule has 1 aliphatic carbocycles. The second-order valence-electron chi connectivity index (χ2n) is 8.65. The minimum absolute atomic E-state index is 0.243. The minimum Gasteiger partial charge on any atom is -0.504 e. The Morgan fingerprint density at radius 1 is 1.06 bits per heavy atom. The molecule has 2 fully saturated rings. The molecule has 1 saturated heterocycles. The highest BCUT2D eigenvalue weighted by atomic mass is 16.7. The molecule has 1 aromatic carbocycles. The molecular weight excluding hydrogens is 488 g/mol. The van der Waals surface area contributed by atoms with Gasteiger partial charge in [0.15, 0.2) is 17.1 Å². The number of benzene rings is 1. The lowest BCUT2D eigenvalue weighted by molar-refractivity contribution is -0.277. The number of esters is 1. The molecule has 0 spiro atoms. The van der Waals surface area contributed by atoms with Gasteiger partial charge in [-0.05, 0) is 23.8 Å². The average Bonchev–Trinajstić information content (AvgIpc) is 2.82. The van der Waals surface area contributed by atoms with Crippen LogP contribution in [-0.4, -0.2) is 119 Å². The lowest BCUT2D eigenvalue weighted by Gasteiger charge is -2.39. The summed E-state index contributed by atoms with van der Waals surface area (Å²) in [5, 5.41) is 88.3. The highest BCUT2D eigenvalue weighted by molar-refractivity contribution is 5.87. The Bertz CT molecular complexity index is 979. The molecular formula is C22H28O14. The molecule has 36 heavy (non-hydrogen) atoms. The van der Waals surface area contributed by atoms with Crippen LogP contribution in [0.4, 0.5) is 0 Å². The first-order valence-electron chi connectivity index (χ1n) is 10.9. The van der Waals surface area contributed by atoms with Gasteiger partial charge in [0.05, 0.1) is 12.7 Å². The van der Waals surface area contributed by atoms with E-state index in [9.17, 15) is 50.4 Å². The third-order valence-electron chi connectivity index (χ3n) is 6.01. The lowest BCUT2D eigenvalue weighted by atomic mass is 9.79. The second-order valence-corrected chi connectivity index (χ2v) is 8.65. The molecule has 14 nitrogen and oxygen atoms in total. The van der Waals surface area contributed by atoms with Crippen molar-refractivity contribution >= 4 is 18.0 Å². The third kappa shape index (κ3) is 5.93. The Balaban J connectivity index is 1.68. The fourth-order valence-corrected chi connectivity index (χ4v) is 3.91. The van der Waals surface area contributed by atoms with Gasteiger partial charge >= 0.3 is 11.9 Å². The van der Waals surface area contributed by atoms with Gasteiger partial charge in [0.1, 0.15) is 36.6 Å². The number of phenols is 1. The summed E-state index contributed by atoms with van der Waals surface area (Å²) in [6.45, 7) is -0.682. The summed E-state index contributed by atoms with van der Waals surface area (Å²) in [6.07, 6.45) is -11.8. The van der Waals surface area contributed by atoms with Crippen LogP contribution in [0.3, 0.4) is 0 Å². The van der Waals surface area contributed by atoms with E-state index >= 15 is 0 Å². The van der Waals surface area contributed by atoms with Crippen molar-refractivity contribution in [3.05, 3.63) is 29.8 Å². The molecule has 1 heterocycles. The number of phenolic OH excluding ortho intramolecular Hbond substituents is 1. The van der Waals surface area contributed by atoms with E-state index in [-0.39, 0.29) is 11.3 Å². The molecule has 0 amide bonds. The van der Waals surface area contributed by atoms with Gasteiger partial charge in [-0.2, -0.15) is 0 Å². The molecule has 0 unspecified atom stereocenters. The van der Waals surface area contributed by atoms with Crippen molar-refractivity contribution in [3.8, 4) is 11.5 Å². The standard InChI is InChI=1S/C22H28O14/c23-8-14-17(28)18(29)19(30)20(36-14)35-12-5-9(1-3-10(12)24)2-4-15(26)34-13-7-22(33,21(31)32)6-11(25)16(13)27/h1-5,11,13-14,16-20,23-25,27-30,33H,6-8H2,(H,31,32)/b4-2+/t11-,13-,14-,16-,17-,18+,19-,20-,22+/m1/s1. The van der Waals surface area contributed by atoms with E-state index in [1.54, 1.807) is 0 Å². The minimum atomic E-state index is -2.39. The lowest BCUT2D eigenvalue weighted by Crippen LogP contribution is -2.60. The summed E-state index contributed by atoms with van der Waals surface area (Å²) >= 11 is 0. The molecule has 9 N–H and O–H groups in total. The maximum Gasteiger partial charge on any atom is 0.335 e. The predicted octanol–water partition coefficient (Wildman–Crippen LogP) is -3.17. The second kappa shape index (κ2) is 11.1. The average molecular weight is 516 g/mol. The molecule has 0 bridgehead atoms. The van der Waals surface area contributed by atoms with Gasteiger partial charge in [-0.15, -0.1) is 0 Å². The number of rotatable bonds is 7. The summed E-state index contributed by atoms with van der Waals surface area (Å²) < 4.78 is 15.6. The smallest absolute Gasteiger partial charge is 0.335 e. The Hall–Kier alpha value is -2.82. The summed E-state index contributed by atoms with van der Waals surface area (Å²) in [5.74, 6) is -3.32. The molecule has 3 rings (SSSR count). The Labute approximate surface area is 203 Å². The van der Waals surface area contributed by atoms with Crippen LogP contribution < -0.4 is 4.74 Å². The molecule has 1 aromatic rings. The first-order chi connectivity index (χ1) is 16.9. The fraction of sp³-hybridized carbons (Fsp3) is 0.545. The van der Waals surface area contributed by atoms with Crippen LogP contribution in [0, 0.1) is 0 Å². The number of carboxylic acids is 1. The molecule has 9 atom stereocenters. The van der Waals surface area contributed by atoms with Crippen LogP contribution in [-0.2, 0) is 19.1 Å². The largest absolute Gasteiger partial charge is 0.504 e. The van der Waals surface area contributed by atoms with Crippen LogP contribution in [0.1, 0.15) is 18.4 Å². The molecule has 1 aliphatic heterocycles. The summed E-state index contributed by atoms with van der Waals surface area (Å²) in [5.41, 5.74) is -2.13. The van der Waals surface area contributed by atoms with Gasteiger partial charge in [0.25, 0.3) is 0 Å². The van der Waals surface area contributed by atoms with Gasteiger partial charge in [0.2, 0.25) is 6.29 Å². The number of hydrogen-bond acceptors (Lipinski definition) is 13. The number of aliphatic carboxylic acids is 1. The molecule has 1 saturated carbocycles. The number of aromatic hydroxyl groups is 1. The zero-order chi connectivity index (χ0) is 26.8. The fourth-order valence-electron chi connectivity index (χ4n) is 3.91. The normalized spacial score (nSPS) is 37.0. The highest BCUT2D eigenvalue weighted by Gasteiger charge is 2.50. The van der Waals surface area contributed by atoms with Crippen molar-refractivity contribution in [2.45, 2.75) is 67.5 Å². The van der Waals surface area contributed by atoms with Gasteiger partial charge in [-0.3, -0.25) is 0 Å². The highest BCUT2D eigenvalue weighted by Crippen LogP contribution is 2.33. The number of carboxylic acid groups (broad SMARTS) is 1. The summed E-state index contributed by atoms with van der Waals surface area (Å²) in [6, 6.07) is 3.77. The van der Waals surface area contributed by atoms with Crippen molar-refractivity contribution < 1.29 is 69.8 Å². The number of ether oxygens (including phenoxy) is 3. The van der Waals surface area contributed by atoms with Gasteiger partial charge in [0, 0.05) is 18.9 Å². The number of hydrogen-bond donors (Lipinski definition) is 9. The maximum atomic E-state index is 12.2. The zero-order valence-electron chi connectivity index (χ0n) is 18.7. The van der Waals surface area contributed by atoms with Crippen molar-refractivity contribution in [3.63, 3.8) is 0 Å². The molecule has 0 aromatic heterocycles. The SMILES string of the molecule is O=C(/C=C/c1ccc(O)c(O[C@@H]2O[C@H](CO)[C@@H](O)[C@H](O)[C@H]2O)c1)O[C@@H]1C[C@](O)(C(=O)O)C[C@@H](O)[C@H]1O. The van der Waals surface area contributed by atoms with E-state index < -0.39 is 91.8 Å². The number of carbonyl (C=O) groups is 2. The van der Waals surface area contributed by atoms with Crippen LogP contribution in [0.5, 0.6) is 11.5 Å². The first-order valence-corrected chi connectivity index (χ1v) is 10.9. The Morgan fingerprint density at radius 3 is 2.39 bits per heavy atom. The van der Waals surface area contributed by atoms with Crippen molar-refractivity contribution in [2.75, 3.05) is 6.61 Å². The topological polar surface area (TPSA) is 244 Å². The van der Waals surface area contributed by atoms with E-state index in [0.717, 1.165) is 6.08 Å². The monoisotopic (exact) mass is 516 g/mol. The number of carbonyl (C=O) groups excluding carboxylic acids is 1. The summed E-state index contributed by atoms with van der Waals surface area (Å²) in [7, 11) is 0. The summed E-state index contributed by atoms with van der Waals surface area (Å²) in [4.78, 5) is 23.5. The van der Waals surface area contributed by atoms with Crippen LogP contribution in [0.2, 0.25) is 0 Å². The van der Waals surface area contributed by atoms with E-state index in [0.29, 0.717) is 0 Å². The van der Waals surface area contributed by atoms with E-state index in [1.807, 2.05) is 0 Å². The quantitative estimate of drug-likeness (QED) is 0.128. The van der Waals surface area contributed by atoms with Gasteiger partial charge < -0.3 is 60.2 Å². The molecule has 14 heteroatoms. The van der Waals surface area contributed by atoms with Crippen LogP contribution >= 0.6 is 0 Å². The van der Waals surface area contributed by atoms with E-state index in [2.05, 4.69) is 0 Å². The number of aliphatic hydroxyl groups is 7. The molecule has 0 radical (unpaired) electrons. The van der Waals surface area contributed by atoms with Crippen molar-refractivity contribution in [1.82, 2.24) is 0 Å². The van der Waals surface area contributed by atoms with Crippen LogP contribution in [0.15, 0.2) is 24.3 Å². The Morgan fingerprint density at radius 2 is 1.75 bits per heavy atom. The van der Waals surface area contributed by atoms with Gasteiger partial charge in [-0.25, -0.2) is 9.59 Å².